The number of benzene rings is 6. The summed E-state index contributed by atoms with van der Waals surface area (Å²) < 4.78 is 4.68. The summed E-state index contributed by atoms with van der Waals surface area (Å²) in [5.74, 6) is 0.726. The van der Waals surface area contributed by atoms with Gasteiger partial charge in [-0.1, -0.05) is 97.1 Å². The molecule has 0 aliphatic carbocycles. The van der Waals surface area contributed by atoms with Crippen molar-refractivity contribution < 1.29 is 0 Å². The molecule has 218 valence electrons. The molecule has 0 atom stereocenters. The standard InChI is InChI=1S/C42H30N4/c1-27-23-24-30(25-28(27)2)42-43-39(41-40(44-42)35-19-8-11-22-38(35)46(41)31-14-4-3-5-15-31)29-13-12-16-32(26-29)45-36-20-9-6-17-33(36)34-18-7-10-21-37(34)45/h3-26H,1-2H3. The monoisotopic (exact) mass is 590 g/mol. The lowest BCUT2D eigenvalue weighted by atomic mass is 10.0. The minimum Gasteiger partial charge on any atom is -0.309 e. The normalized spacial score (nSPS) is 11.7. The number of nitrogens with zero attached hydrogens (tertiary/aromatic N) is 4. The largest absolute Gasteiger partial charge is 0.309 e. The lowest BCUT2D eigenvalue weighted by Gasteiger charge is -2.14. The van der Waals surface area contributed by atoms with Crippen molar-refractivity contribution in [3.8, 4) is 34.0 Å². The molecule has 0 amide bonds. The Labute approximate surface area is 266 Å². The van der Waals surface area contributed by atoms with Crippen LogP contribution in [0.25, 0.3) is 77.8 Å². The number of aromatic nitrogens is 4. The smallest absolute Gasteiger partial charge is 0.160 e. The molecule has 0 spiro atoms. The first kappa shape index (κ1) is 26.4. The van der Waals surface area contributed by atoms with Crippen LogP contribution in [0.4, 0.5) is 0 Å². The highest BCUT2D eigenvalue weighted by Crippen LogP contribution is 2.39. The fourth-order valence-corrected chi connectivity index (χ4v) is 6.89. The molecule has 3 aromatic heterocycles. The minimum atomic E-state index is 0.726. The van der Waals surface area contributed by atoms with Gasteiger partial charge in [-0.25, -0.2) is 9.97 Å². The second-order valence-electron chi connectivity index (χ2n) is 12.0. The maximum atomic E-state index is 5.40. The van der Waals surface area contributed by atoms with Crippen molar-refractivity contribution in [1.82, 2.24) is 19.1 Å². The maximum absolute atomic E-state index is 5.40. The van der Waals surface area contributed by atoms with Gasteiger partial charge < -0.3 is 9.13 Å². The van der Waals surface area contributed by atoms with E-state index in [1.54, 1.807) is 0 Å². The van der Waals surface area contributed by atoms with E-state index in [-0.39, 0.29) is 0 Å². The van der Waals surface area contributed by atoms with Crippen LogP contribution in [-0.4, -0.2) is 19.1 Å². The number of fused-ring (bicyclic) bond motifs is 6. The van der Waals surface area contributed by atoms with Crippen LogP contribution in [0.15, 0.2) is 146 Å². The Balaban J connectivity index is 1.38. The lowest BCUT2D eigenvalue weighted by Crippen LogP contribution is -2.01. The van der Waals surface area contributed by atoms with Gasteiger partial charge in [-0.15, -0.1) is 0 Å². The fourth-order valence-electron chi connectivity index (χ4n) is 6.89. The highest BCUT2D eigenvalue weighted by Gasteiger charge is 2.22. The molecule has 46 heavy (non-hydrogen) atoms. The van der Waals surface area contributed by atoms with Crippen LogP contribution in [0.3, 0.4) is 0 Å². The average Bonchev–Trinajstić information content (AvgIpc) is 3.63. The molecular formula is C42H30N4. The second-order valence-corrected chi connectivity index (χ2v) is 12.0. The average molecular weight is 591 g/mol. The molecule has 4 nitrogen and oxygen atoms in total. The summed E-state index contributed by atoms with van der Waals surface area (Å²) >= 11 is 0. The third-order valence-electron chi connectivity index (χ3n) is 9.25. The van der Waals surface area contributed by atoms with Gasteiger partial charge in [-0.3, -0.25) is 0 Å². The summed E-state index contributed by atoms with van der Waals surface area (Å²) in [7, 11) is 0. The van der Waals surface area contributed by atoms with Crippen LogP contribution in [0, 0.1) is 13.8 Å². The molecule has 0 bridgehead atoms. The molecule has 0 radical (unpaired) electrons. The first-order chi connectivity index (χ1) is 22.7. The van der Waals surface area contributed by atoms with E-state index in [9.17, 15) is 0 Å². The van der Waals surface area contributed by atoms with Crippen molar-refractivity contribution in [3.63, 3.8) is 0 Å². The molecule has 9 aromatic rings. The van der Waals surface area contributed by atoms with E-state index in [4.69, 9.17) is 9.97 Å². The SMILES string of the molecule is Cc1ccc(-c2nc(-c3cccc(-n4c5ccccc5c5ccccc54)c3)c3c(n2)c2ccccc2n3-c2ccccc2)cc1C. The molecule has 0 aliphatic rings. The van der Waals surface area contributed by atoms with Crippen molar-refractivity contribution in [3.05, 3.63) is 157 Å². The predicted octanol–water partition coefficient (Wildman–Crippen LogP) is 10.6. The fraction of sp³-hybridized carbons (Fsp3) is 0.0476. The Morgan fingerprint density at radius 1 is 0.435 bits per heavy atom. The summed E-state index contributed by atoms with van der Waals surface area (Å²) in [4.78, 5) is 10.7. The van der Waals surface area contributed by atoms with Crippen LogP contribution < -0.4 is 0 Å². The minimum absolute atomic E-state index is 0.726. The summed E-state index contributed by atoms with van der Waals surface area (Å²) in [6, 6.07) is 51.7. The van der Waals surface area contributed by atoms with E-state index in [1.807, 2.05) is 0 Å². The van der Waals surface area contributed by atoms with Crippen LogP contribution in [0.5, 0.6) is 0 Å². The molecule has 0 N–H and O–H groups in total. The number of para-hydroxylation sites is 4. The lowest BCUT2D eigenvalue weighted by molar-refractivity contribution is 1.14. The first-order valence-electron chi connectivity index (χ1n) is 15.7. The molecule has 0 aliphatic heterocycles. The molecule has 3 heterocycles. The van der Waals surface area contributed by atoms with Gasteiger partial charge in [0.25, 0.3) is 0 Å². The number of rotatable bonds is 4. The van der Waals surface area contributed by atoms with Crippen molar-refractivity contribution >= 4 is 43.7 Å². The van der Waals surface area contributed by atoms with Crippen molar-refractivity contribution in [1.29, 1.82) is 0 Å². The molecule has 9 rings (SSSR count). The van der Waals surface area contributed by atoms with Crippen LogP contribution >= 0.6 is 0 Å². The third-order valence-corrected chi connectivity index (χ3v) is 9.25. The number of hydrogen-bond acceptors (Lipinski definition) is 2. The van der Waals surface area contributed by atoms with Gasteiger partial charge in [0, 0.05) is 38.7 Å². The molecule has 0 fully saturated rings. The summed E-state index contributed by atoms with van der Waals surface area (Å²) in [5.41, 5.74) is 13.0. The Kier molecular flexibility index (Phi) is 5.90. The maximum Gasteiger partial charge on any atom is 0.160 e. The molecule has 0 saturated heterocycles. The number of aryl methyl sites for hydroxylation is 2. The van der Waals surface area contributed by atoms with Crippen LogP contribution in [-0.2, 0) is 0 Å². The van der Waals surface area contributed by atoms with E-state index in [2.05, 4.69) is 169 Å². The highest BCUT2D eigenvalue weighted by molar-refractivity contribution is 6.12. The molecule has 0 saturated carbocycles. The van der Waals surface area contributed by atoms with Crippen molar-refractivity contribution in [2.45, 2.75) is 13.8 Å². The Bertz CT molecular complexity index is 2550. The molecule has 0 unspecified atom stereocenters. The van der Waals surface area contributed by atoms with E-state index < -0.39 is 0 Å². The van der Waals surface area contributed by atoms with E-state index in [1.165, 1.54) is 32.9 Å². The van der Waals surface area contributed by atoms with E-state index >= 15 is 0 Å². The second kappa shape index (κ2) is 10.3. The summed E-state index contributed by atoms with van der Waals surface area (Å²) in [5, 5.41) is 3.59. The summed E-state index contributed by atoms with van der Waals surface area (Å²) in [6.07, 6.45) is 0. The highest BCUT2D eigenvalue weighted by atomic mass is 15.0. The van der Waals surface area contributed by atoms with Gasteiger partial charge >= 0.3 is 0 Å². The number of hydrogen-bond donors (Lipinski definition) is 0. The molecule has 6 aromatic carbocycles. The van der Waals surface area contributed by atoms with Gasteiger partial charge in [-0.2, -0.15) is 0 Å². The summed E-state index contributed by atoms with van der Waals surface area (Å²) in [6.45, 7) is 4.29. The van der Waals surface area contributed by atoms with E-state index in [0.29, 0.717) is 0 Å². The quantitative estimate of drug-likeness (QED) is 0.204. The van der Waals surface area contributed by atoms with Crippen LogP contribution in [0.1, 0.15) is 11.1 Å². The van der Waals surface area contributed by atoms with Gasteiger partial charge in [0.15, 0.2) is 5.82 Å². The van der Waals surface area contributed by atoms with E-state index in [0.717, 1.165) is 56.0 Å². The van der Waals surface area contributed by atoms with Crippen LogP contribution in [0.2, 0.25) is 0 Å². The van der Waals surface area contributed by atoms with Gasteiger partial charge in [0.1, 0.15) is 5.52 Å². The Morgan fingerprint density at radius 2 is 1.04 bits per heavy atom. The molecular weight excluding hydrogens is 560 g/mol. The van der Waals surface area contributed by atoms with Gasteiger partial charge in [0.05, 0.1) is 27.8 Å². The van der Waals surface area contributed by atoms with Crippen molar-refractivity contribution in [2.75, 3.05) is 0 Å². The zero-order valence-electron chi connectivity index (χ0n) is 25.6. The first-order valence-corrected chi connectivity index (χ1v) is 15.7. The van der Waals surface area contributed by atoms with Gasteiger partial charge in [0.2, 0.25) is 0 Å². The predicted molar refractivity (Wildman–Crippen MR) is 191 cm³/mol. The topological polar surface area (TPSA) is 35.6 Å². The zero-order chi connectivity index (χ0) is 30.8. The third kappa shape index (κ3) is 4.00. The molecule has 4 heteroatoms. The Hall–Kier alpha value is -6.00. The zero-order valence-corrected chi connectivity index (χ0v) is 25.6. The van der Waals surface area contributed by atoms with Gasteiger partial charge in [-0.05, 0) is 73.5 Å². The van der Waals surface area contributed by atoms with Crippen molar-refractivity contribution in [2.24, 2.45) is 0 Å². The Morgan fingerprint density at radius 3 is 1.74 bits per heavy atom.